The fraction of sp³-hybridized carbons (Fsp3) is 0.667. The summed E-state index contributed by atoms with van der Waals surface area (Å²) >= 11 is 6.26. The SMILES string of the molecule is CC1CCC(NC(=O)c2cnc(OC3CCOCC3)c(Cl)c2)CC1. The number of hydrogen-bond donors (Lipinski definition) is 1. The number of aromatic nitrogens is 1. The molecule has 1 saturated carbocycles. The van der Waals surface area contributed by atoms with Gasteiger partial charge in [-0.3, -0.25) is 4.79 Å². The monoisotopic (exact) mass is 352 g/mol. The van der Waals surface area contributed by atoms with Gasteiger partial charge in [-0.15, -0.1) is 0 Å². The summed E-state index contributed by atoms with van der Waals surface area (Å²) in [7, 11) is 0. The molecule has 1 saturated heterocycles. The predicted octanol–water partition coefficient (Wildman–Crippen LogP) is 3.60. The first kappa shape index (κ1) is 17.5. The summed E-state index contributed by atoms with van der Waals surface area (Å²) in [6.45, 7) is 3.66. The van der Waals surface area contributed by atoms with E-state index < -0.39 is 0 Å². The van der Waals surface area contributed by atoms with Crippen molar-refractivity contribution in [1.29, 1.82) is 0 Å². The molecule has 1 aromatic rings. The van der Waals surface area contributed by atoms with Crippen molar-refractivity contribution in [2.45, 2.75) is 57.6 Å². The highest BCUT2D eigenvalue weighted by atomic mass is 35.5. The lowest BCUT2D eigenvalue weighted by atomic mass is 9.87. The molecule has 132 valence electrons. The second-order valence-corrected chi connectivity index (χ2v) is 7.28. The molecule has 0 bridgehead atoms. The second kappa shape index (κ2) is 8.17. The van der Waals surface area contributed by atoms with Gasteiger partial charge in [-0.05, 0) is 37.7 Å². The number of amides is 1. The summed E-state index contributed by atoms with van der Waals surface area (Å²) in [5, 5.41) is 3.47. The lowest BCUT2D eigenvalue weighted by Gasteiger charge is -2.27. The van der Waals surface area contributed by atoms with Crippen molar-refractivity contribution in [2.24, 2.45) is 5.92 Å². The number of nitrogens with one attached hydrogen (secondary N) is 1. The number of carbonyl (C=O) groups excluding carboxylic acids is 1. The maximum atomic E-state index is 12.4. The number of nitrogens with zero attached hydrogens (tertiary/aromatic N) is 1. The standard InChI is InChI=1S/C18H25ClN2O3/c1-12-2-4-14(5-3-12)21-17(22)13-10-16(19)18(20-11-13)24-15-6-8-23-9-7-15/h10-12,14-15H,2-9H2,1H3,(H,21,22). The molecule has 1 N–H and O–H groups in total. The molecule has 1 aliphatic heterocycles. The molecule has 1 aromatic heterocycles. The topological polar surface area (TPSA) is 60.5 Å². The van der Waals surface area contributed by atoms with Crippen molar-refractivity contribution in [2.75, 3.05) is 13.2 Å². The lowest BCUT2D eigenvalue weighted by molar-refractivity contribution is 0.0238. The molecule has 1 amide bonds. The first-order valence-electron chi connectivity index (χ1n) is 8.82. The molecule has 6 heteroatoms. The van der Waals surface area contributed by atoms with E-state index in [1.54, 1.807) is 12.3 Å². The highest BCUT2D eigenvalue weighted by Crippen LogP contribution is 2.26. The summed E-state index contributed by atoms with van der Waals surface area (Å²) in [5.74, 6) is 1.05. The van der Waals surface area contributed by atoms with Crippen LogP contribution in [0, 0.1) is 5.92 Å². The minimum absolute atomic E-state index is 0.0765. The maximum absolute atomic E-state index is 12.4. The van der Waals surface area contributed by atoms with E-state index in [0.717, 1.165) is 31.6 Å². The minimum atomic E-state index is -0.110. The molecule has 2 heterocycles. The van der Waals surface area contributed by atoms with Crippen LogP contribution in [0.5, 0.6) is 5.88 Å². The average molecular weight is 353 g/mol. The van der Waals surface area contributed by atoms with Crippen LogP contribution < -0.4 is 10.1 Å². The fourth-order valence-electron chi connectivity index (χ4n) is 3.26. The Bertz CT molecular complexity index is 567. The van der Waals surface area contributed by atoms with E-state index in [4.69, 9.17) is 21.1 Å². The third-order valence-electron chi connectivity index (χ3n) is 4.87. The van der Waals surface area contributed by atoms with Crippen molar-refractivity contribution in [1.82, 2.24) is 10.3 Å². The molecular formula is C18H25ClN2O3. The molecule has 5 nitrogen and oxygen atoms in total. The zero-order valence-electron chi connectivity index (χ0n) is 14.1. The summed E-state index contributed by atoms with van der Waals surface area (Å²) in [4.78, 5) is 16.6. The van der Waals surface area contributed by atoms with Gasteiger partial charge in [-0.2, -0.15) is 0 Å². The van der Waals surface area contributed by atoms with Gasteiger partial charge >= 0.3 is 0 Å². The Morgan fingerprint density at radius 2 is 1.96 bits per heavy atom. The molecule has 2 fully saturated rings. The van der Waals surface area contributed by atoms with Gasteiger partial charge in [0, 0.05) is 25.1 Å². The van der Waals surface area contributed by atoms with E-state index in [0.29, 0.717) is 29.7 Å². The first-order chi connectivity index (χ1) is 11.6. The Hall–Kier alpha value is -1.33. The van der Waals surface area contributed by atoms with Gasteiger partial charge in [0.25, 0.3) is 5.91 Å². The van der Waals surface area contributed by atoms with Gasteiger partial charge in [0.2, 0.25) is 5.88 Å². The van der Waals surface area contributed by atoms with Gasteiger partial charge < -0.3 is 14.8 Å². The van der Waals surface area contributed by atoms with Gasteiger partial charge in [-0.1, -0.05) is 18.5 Å². The molecule has 1 aliphatic carbocycles. The van der Waals surface area contributed by atoms with Crippen molar-refractivity contribution in [3.05, 3.63) is 22.8 Å². The van der Waals surface area contributed by atoms with Crippen LogP contribution in [-0.2, 0) is 4.74 Å². The van der Waals surface area contributed by atoms with Crippen LogP contribution in [0.25, 0.3) is 0 Å². The summed E-state index contributed by atoms with van der Waals surface area (Å²) in [6, 6.07) is 1.90. The van der Waals surface area contributed by atoms with Crippen LogP contribution in [-0.4, -0.2) is 36.3 Å². The van der Waals surface area contributed by atoms with Gasteiger partial charge in [0.15, 0.2) is 0 Å². The third-order valence-corrected chi connectivity index (χ3v) is 5.14. The van der Waals surface area contributed by atoms with Crippen LogP contribution in [0.4, 0.5) is 0 Å². The lowest BCUT2D eigenvalue weighted by Crippen LogP contribution is -2.37. The zero-order valence-corrected chi connectivity index (χ0v) is 14.8. The smallest absolute Gasteiger partial charge is 0.253 e. The molecule has 3 rings (SSSR count). The van der Waals surface area contributed by atoms with Crippen molar-refractivity contribution in [3.63, 3.8) is 0 Å². The molecule has 0 aromatic carbocycles. The van der Waals surface area contributed by atoms with Crippen molar-refractivity contribution >= 4 is 17.5 Å². The summed E-state index contributed by atoms with van der Waals surface area (Å²) in [5.41, 5.74) is 0.484. The van der Waals surface area contributed by atoms with E-state index in [9.17, 15) is 4.79 Å². The zero-order chi connectivity index (χ0) is 16.9. The van der Waals surface area contributed by atoms with Crippen LogP contribution in [0.15, 0.2) is 12.3 Å². The molecule has 0 radical (unpaired) electrons. The van der Waals surface area contributed by atoms with Crippen LogP contribution in [0.3, 0.4) is 0 Å². The van der Waals surface area contributed by atoms with E-state index in [1.165, 1.54) is 12.8 Å². The summed E-state index contributed by atoms with van der Waals surface area (Å²) < 4.78 is 11.1. The average Bonchev–Trinajstić information content (AvgIpc) is 2.59. The number of carbonyl (C=O) groups is 1. The predicted molar refractivity (Wildman–Crippen MR) is 92.6 cm³/mol. The Morgan fingerprint density at radius 1 is 1.25 bits per heavy atom. The van der Waals surface area contributed by atoms with E-state index >= 15 is 0 Å². The van der Waals surface area contributed by atoms with Gasteiger partial charge in [-0.25, -0.2) is 4.98 Å². The Morgan fingerprint density at radius 3 is 2.62 bits per heavy atom. The number of pyridine rings is 1. The van der Waals surface area contributed by atoms with E-state index in [-0.39, 0.29) is 18.1 Å². The molecule has 0 unspecified atom stereocenters. The maximum Gasteiger partial charge on any atom is 0.253 e. The summed E-state index contributed by atoms with van der Waals surface area (Å²) in [6.07, 6.45) is 7.71. The minimum Gasteiger partial charge on any atom is -0.473 e. The van der Waals surface area contributed by atoms with Crippen molar-refractivity contribution in [3.8, 4) is 5.88 Å². The fourth-order valence-corrected chi connectivity index (χ4v) is 3.47. The van der Waals surface area contributed by atoms with E-state index in [1.807, 2.05) is 0 Å². The Labute approximate surface area is 148 Å². The first-order valence-corrected chi connectivity index (χ1v) is 9.20. The van der Waals surface area contributed by atoms with Crippen LogP contribution in [0.1, 0.15) is 55.8 Å². The van der Waals surface area contributed by atoms with Crippen LogP contribution in [0.2, 0.25) is 5.02 Å². The number of halogens is 1. The molecule has 0 atom stereocenters. The highest BCUT2D eigenvalue weighted by Gasteiger charge is 2.22. The number of ether oxygens (including phenoxy) is 2. The second-order valence-electron chi connectivity index (χ2n) is 6.87. The Balaban J connectivity index is 1.58. The van der Waals surface area contributed by atoms with E-state index in [2.05, 4.69) is 17.2 Å². The van der Waals surface area contributed by atoms with Gasteiger partial charge in [0.1, 0.15) is 11.1 Å². The number of rotatable bonds is 4. The molecule has 2 aliphatic rings. The van der Waals surface area contributed by atoms with Crippen molar-refractivity contribution < 1.29 is 14.3 Å². The third kappa shape index (κ3) is 4.61. The Kier molecular flexibility index (Phi) is 5.95. The van der Waals surface area contributed by atoms with Gasteiger partial charge in [0.05, 0.1) is 18.8 Å². The number of hydrogen-bond acceptors (Lipinski definition) is 4. The largest absolute Gasteiger partial charge is 0.473 e. The molecule has 24 heavy (non-hydrogen) atoms. The van der Waals surface area contributed by atoms with Crippen LogP contribution >= 0.6 is 11.6 Å². The normalized spacial score (nSPS) is 25.2. The quantitative estimate of drug-likeness (QED) is 0.899. The molecular weight excluding hydrogens is 328 g/mol. The highest BCUT2D eigenvalue weighted by molar-refractivity contribution is 6.32. The molecule has 0 spiro atoms.